The molecule has 0 aliphatic heterocycles. The van der Waals surface area contributed by atoms with Gasteiger partial charge in [0.05, 0.1) is 0 Å². The van der Waals surface area contributed by atoms with Crippen molar-refractivity contribution in [1.82, 2.24) is 0 Å². The first-order valence-electron chi connectivity index (χ1n) is 6.53. The number of hydrogen-bond acceptors (Lipinski definition) is 2. The molecule has 2 nitrogen and oxygen atoms in total. The number of Topliss-reactive ketones (excluding diaryl/α,β-unsaturated/α-hetero) is 1. The van der Waals surface area contributed by atoms with Crippen molar-refractivity contribution >= 4 is 5.78 Å². The first-order chi connectivity index (χ1) is 8.20. The highest BCUT2D eigenvalue weighted by atomic mass is 16.1. The topological polar surface area (TPSA) is 43.1 Å². The van der Waals surface area contributed by atoms with Gasteiger partial charge < -0.3 is 5.73 Å². The van der Waals surface area contributed by atoms with Crippen molar-refractivity contribution in [2.45, 2.75) is 53.5 Å². The number of ketones is 1. The van der Waals surface area contributed by atoms with Crippen LogP contribution in [-0.4, -0.2) is 11.8 Å². The fourth-order valence-electron chi connectivity index (χ4n) is 1.76. The highest BCUT2D eigenvalue weighted by molar-refractivity contribution is 5.81. The Morgan fingerprint density at radius 1 is 1.22 bits per heavy atom. The number of rotatable bonds is 4. The van der Waals surface area contributed by atoms with Crippen molar-refractivity contribution in [3.05, 3.63) is 34.9 Å². The molecule has 0 spiro atoms. The van der Waals surface area contributed by atoms with E-state index in [2.05, 4.69) is 46.8 Å². The molecule has 1 aromatic rings. The van der Waals surface area contributed by atoms with Crippen molar-refractivity contribution in [2.24, 2.45) is 11.1 Å². The van der Waals surface area contributed by atoms with Crippen LogP contribution in [0, 0.1) is 19.3 Å². The van der Waals surface area contributed by atoms with Gasteiger partial charge in [-0.1, -0.05) is 39.0 Å². The van der Waals surface area contributed by atoms with Gasteiger partial charge in [-0.05, 0) is 36.0 Å². The Kier molecular flexibility index (Phi) is 4.69. The Bertz CT molecular complexity index is 429. The third-order valence-electron chi connectivity index (χ3n) is 3.53. The van der Waals surface area contributed by atoms with E-state index in [0.717, 1.165) is 5.56 Å². The van der Waals surface area contributed by atoms with E-state index in [-0.39, 0.29) is 17.2 Å². The molecule has 0 heterocycles. The predicted molar refractivity (Wildman–Crippen MR) is 76.7 cm³/mol. The van der Waals surface area contributed by atoms with E-state index in [4.69, 9.17) is 5.73 Å². The Morgan fingerprint density at radius 2 is 1.83 bits per heavy atom. The van der Waals surface area contributed by atoms with E-state index in [9.17, 15) is 4.79 Å². The largest absolute Gasteiger partial charge is 0.327 e. The molecule has 0 saturated carbocycles. The van der Waals surface area contributed by atoms with Crippen molar-refractivity contribution < 1.29 is 4.79 Å². The van der Waals surface area contributed by atoms with E-state index in [1.165, 1.54) is 11.1 Å². The second kappa shape index (κ2) is 5.66. The SMILES string of the molecule is Cc1ccc(CC(=O)CC(N)C(C)(C)C)cc1C. The second-order valence-electron chi connectivity index (χ2n) is 6.31. The van der Waals surface area contributed by atoms with Crippen molar-refractivity contribution in [3.8, 4) is 0 Å². The average Bonchev–Trinajstić information content (AvgIpc) is 2.22. The number of hydrogen-bond donors (Lipinski definition) is 1. The summed E-state index contributed by atoms with van der Waals surface area (Å²) in [6.07, 6.45) is 0.946. The summed E-state index contributed by atoms with van der Waals surface area (Å²) in [6.45, 7) is 10.4. The minimum Gasteiger partial charge on any atom is -0.327 e. The third kappa shape index (κ3) is 4.26. The van der Waals surface area contributed by atoms with E-state index in [0.29, 0.717) is 12.8 Å². The van der Waals surface area contributed by atoms with Crippen LogP contribution in [0.5, 0.6) is 0 Å². The smallest absolute Gasteiger partial charge is 0.138 e. The summed E-state index contributed by atoms with van der Waals surface area (Å²) in [7, 11) is 0. The van der Waals surface area contributed by atoms with E-state index < -0.39 is 0 Å². The van der Waals surface area contributed by atoms with Crippen LogP contribution in [-0.2, 0) is 11.2 Å². The van der Waals surface area contributed by atoms with Gasteiger partial charge in [-0.25, -0.2) is 0 Å². The second-order valence-corrected chi connectivity index (χ2v) is 6.31. The highest BCUT2D eigenvalue weighted by Crippen LogP contribution is 2.20. The maximum Gasteiger partial charge on any atom is 0.138 e. The lowest BCUT2D eigenvalue weighted by Crippen LogP contribution is -2.37. The Balaban J connectivity index is 2.62. The quantitative estimate of drug-likeness (QED) is 0.888. The summed E-state index contributed by atoms with van der Waals surface area (Å²) >= 11 is 0. The average molecular weight is 247 g/mol. The molecule has 0 radical (unpaired) electrons. The molecule has 100 valence electrons. The van der Waals surface area contributed by atoms with Crippen molar-refractivity contribution in [1.29, 1.82) is 0 Å². The van der Waals surface area contributed by atoms with Crippen LogP contribution in [0.1, 0.15) is 43.9 Å². The molecule has 0 aliphatic rings. The molecule has 0 fully saturated rings. The number of nitrogens with two attached hydrogens (primary N) is 1. The summed E-state index contributed by atoms with van der Waals surface area (Å²) in [5, 5.41) is 0. The van der Waals surface area contributed by atoms with Gasteiger partial charge in [0.2, 0.25) is 0 Å². The van der Waals surface area contributed by atoms with Crippen LogP contribution >= 0.6 is 0 Å². The fraction of sp³-hybridized carbons (Fsp3) is 0.562. The molecule has 1 unspecified atom stereocenters. The molecule has 0 amide bonds. The van der Waals surface area contributed by atoms with Gasteiger partial charge >= 0.3 is 0 Å². The first-order valence-corrected chi connectivity index (χ1v) is 6.53. The minimum atomic E-state index is -0.0726. The maximum absolute atomic E-state index is 12.0. The molecule has 1 aromatic carbocycles. The van der Waals surface area contributed by atoms with Gasteiger partial charge in [0.1, 0.15) is 5.78 Å². The minimum absolute atomic E-state index is 0.0150. The van der Waals surface area contributed by atoms with Crippen LogP contribution in [0.15, 0.2) is 18.2 Å². The lowest BCUT2D eigenvalue weighted by Gasteiger charge is -2.26. The summed E-state index contributed by atoms with van der Waals surface area (Å²) in [5.74, 6) is 0.223. The van der Waals surface area contributed by atoms with Gasteiger partial charge in [0.15, 0.2) is 0 Å². The van der Waals surface area contributed by atoms with Gasteiger partial charge in [-0.2, -0.15) is 0 Å². The molecule has 2 N–H and O–H groups in total. The lowest BCUT2D eigenvalue weighted by atomic mass is 9.84. The monoisotopic (exact) mass is 247 g/mol. The fourth-order valence-corrected chi connectivity index (χ4v) is 1.76. The Hall–Kier alpha value is -1.15. The molecular weight excluding hydrogens is 222 g/mol. The number of carbonyl (C=O) groups is 1. The van der Waals surface area contributed by atoms with Crippen LogP contribution in [0.25, 0.3) is 0 Å². The summed E-state index contributed by atoms with van der Waals surface area (Å²) in [6, 6.07) is 6.12. The van der Waals surface area contributed by atoms with Gasteiger partial charge in [-0.15, -0.1) is 0 Å². The van der Waals surface area contributed by atoms with Crippen LogP contribution in [0.4, 0.5) is 0 Å². The molecule has 2 heteroatoms. The zero-order valence-corrected chi connectivity index (χ0v) is 12.2. The van der Waals surface area contributed by atoms with E-state index in [1.54, 1.807) is 0 Å². The maximum atomic E-state index is 12.0. The van der Waals surface area contributed by atoms with Gasteiger partial charge in [0.25, 0.3) is 0 Å². The Morgan fingerprint density at radius 3 is 2.33 bits per heavy atom. The highest BCUT2D eigenvalue weighted by Gasteiger charge is 2.23. The standard InChI is InChI=1S/C16H25NO/c1-11-6-7-13(8-12(11)2)9-14(18)10-15(17)16(3,4)5/h6-8,15H,9-10,17H2,1-5H3. The van der Waals surface area contributed by atoms with Gasteiger partial charge in [-0.3, -0.25) is 4.79 Å². The molecule has 0 aliphatic carbocycles. The number of carbonyl (C=O) groups excluding carboxylic acids is 1. The summed E-state index contributed by atoms with van der Waals surface area (Å²) in [4.78, 5) is 12.0. The molecule has 0 bridgehead atoms. The molecule has 1 atom stereocenters. The molecule has 18 heavy (non-hydrogen) atoms. The number of benzene rings is 1. The van der Waals surface area contributed by atoms with Crippen molar-refractivity contribution in [2.75, 3.05) is 0 Å². The van der Waals surface area contributed by atoms with Crippen LogP contribution < -0.4 is 5.73 Å². The molecule has 0 aromatic heterocycles. The molecular formula is C16H25NO. The summed E-state index contributed by atoms with van der Waals surface area (Å²) in [5.41, 5.74) is 9.61. The summed E-state index contributed by atoms with van der Waals surface area (Å²) < 4.78 is 0. The third-order valence-corrected chi connectivity index (χ3v) is 3.53. The zero-order chi connectivity index (χ0) is 13.9. The Labute approximate surface area is 111 Å². The van der Waals surface area contributed by atoms with E-state index in [1.807, 2.05) is 6.07 Å². The zero-order valence-electron chi connectivity index (χ0n) is 12.2. The normalized spacial score (nSPS) is 13.4. The number of aryl methyl sites for hydroxylation is 2. The van der Waals surface area contributed by atoms with E-state index >= 15 is 0 Å². The van der Waals surface area contributed by atoms with Crippen LogP contribution in [0.2, 0.25) is 0 Å². The van der Waals surface area contributed by atoms with Crippen molar-refractivity contribution in [3.63, 3.8) is 0 Å². The first kappa shape index (κ1) is 14.9. The molecule has 1 rings (SSSR count). The predicted octanol–water partition coefficient (Wildman–Crippen LogP) is 3.18. The van der Waals surface area contributed by atoms with Crippen LogP contribution in [0.3, 0.4) is 0 Å². The molecule has 0 saturated heterocycles. The lowest BCUT2D eigenvalue weighted by molar-refractivity contribution is -0.119. The van der Waals surface area contributed by atoms with Gasteiger partial charge in [0, 0.05) is 18.9 Å².